The van der Waals surface area contributed by atoms with Gasteiger partial charge in [0.05, 0.1) is 36.5 Å². The maximum Gasteiger partial charge on any atom is 0.250 e. The van der Waals surface area contributed by atoms with E-state index in [0.29, 0.717) is 18.9 Å². The van der Waals surface area contributed by atoms with Crippen LogP contribution in [-0.4, -0.2) is 34.3 Å². The van der Waals surface area contributed by atoms with Gasteiger partial charge in [0.1, 0.15) is 5.69 Å². The average molecular weight is 356 g/mol. The predicted octanol–water partition coefficient (Wildman–Crippen LogP) is 2.04. The molecule has 8 nitrogen and oxygen atoms in total. The third kappa shape index (κ3) is 2.81. The van der Waals surface area contributed by atoms with Crippen molar-refractivity contribution in [2.24, 2.45) is 5.73 Å². The van der Waals surface area contributed by atoms with Gasteiger partial charge in [0.25, 0.3) is 5.78 Å². The van der Waals surface area contributed by atoms with Crippen LogP contribution in [0.2, 0.25) is 0 Å². The number of rotatable bonds is 4. The lowest BCUT2D eigenvalue weighted by Gasteiger charge is -2.04. The molecule has 0 fully saturated rings. The molecule has 0 saturated heterocycles. The molecule has 4 aromatic heterocycles. The second-order valence-electron chi connectivity index (χ2n) is 6.26. The number of nitrogens with zero attached hydrogens (tertiary/aromatic N) is 7. The van der Waals surface area contributed by atoms with Crippen LogP contribution in [0.5, 0.6) is 0 Å². The molecular weight excluding hydrogens is 340 g/mol. The number of benzene rings is 1. The summed E-state index contributed by atoms with van der Waals surface area (Å²) >= 11 is 0. The molecule has 8 heteroatoms. The normalized spacial score (nSPS) is 11.4. The van der Waals surface area contributed by atoms with Crippen molar-refractivity contribution in [3.8, 4) is 11.3 Å². The number of aromatic nitrogens is 7. The first-order chi connectivity index (χ1) is 13.3. The number of fused-ring (bicyclic) bond motifs is 2. The minimum absolute atomic E-state index is 0.322. The number of imidazole rings is 1. The molecule has 4 heterocycles. The molecule has 0 atom stereocenters. The Morgan fingerprint density at radius 1 is 1.00 bits per heavy atom. The van der Waals surface area contributed by atoms with Crippen LogP contribution in [0.3, 0.4) is 0 Å². The summed E-state index contributed by atoms with van der Waals surface area (Å²) in [5.41, 5.74) is 10.3. The Bertz CT molecular complexity index is 1250. The fourth-order valence-corrected chi connectivity index (χ4v) is 3.11. The number of hydrogen-bond acceptors (Lipinski definition) is 6. The van der Waals surface area contributed by atoms with Crippen molar-refractivity contribution in [3.05, 3.63) is 72.6 Å². The Morgan fingerprint density at radius 3 is 2.81 bits per heavy atom. The van der Waals surface area contributed by atoms with E-state index in [-0.39, 0.29) is 0 Å². The molecule has 0 aliphatic carbocycles. The van der Waals surface area contributed by atoms with Gasteiger partial charge in [-0.15, -0.1) is 0 Å². The SMILES string of the molecule is NCn1cc(-c2cnc3ncc(Cc4ccc5ncccc5c4)n3n2)cn1. The molecule has 0 bridgehead atoms. The van der Waals surface area contributed by atoms with Crippen LogP contribution < -0.4 is 5.73 Å². The smallest absolute Gasteiger partial charge is 0.250 e. The zero-order valence-electron chi connectivity index (χ0n) is 14.4. The monoisotopic (exact) mass is 356 g/mol. The highest BCUT2D eigenvalue weighted by atomic mass is 15.3. The lowest BCUT2D eigenvalue weighted by atomic mass is 10.1. The van der Waals surface area contributed by atoms with E-state index in [9.17, 15) is 0 Å². The molecule has 27 heavy (non-hydrogen) atoms. The highest BCUT2D eigenvalue weighted by molar-refractivity contribution is 5.79. The first kappa shape index (κ1) is 15.6. The summed E-state index contributed by atoms with van der Waals surface area (Å²) in [7, 11) is 0. The van der Waals surface area contributed by atoms with Gasteiger partial charge in [0, 0.05) is 29.8 Å². The van der Waals surface area contributed by atoms with Crippen LogP contribution in [0.1, 0.15) is 11.3 Å². The lowest BCUT2D eigenvalue weighted by Crippen LogP contribution is -2.06. The van der Waals surface area contributed by atoms with Gasteiger partial charge in [0.15, 0.2) is 0 Å². The molecule has 0 aliphatic heterocycles. The molecule has 0 unspecified atom stereocenters. The van der Waals surface area contributed by atoms with Crippen LogP contribution in [0.4, 0.5) is 0 Å². The molecule has 132 valence electrons. The third-order valence-corrected chi connectivity index (χ3v) is 4.47. The third-order valence-electron chi connectivity index (χ3n) is 4.47. The van der Waals surface area contributed by atoms with E-state index in [1.165, 1.54) is 5.56 Å². The number of pyridine rings is 1. The van der Waals surface area contributed by atoms with Crippen molar-refractivity contribution in [3.63, 3.8) is 0 Å². The van der Waals surface area contributed by atoms with Crippen molar-refractivity contribution in [2.75, 3.05) is 0 Å². The van der Waals surface area contributed by atoms with E-state index < -0.39 is 0 Å². The Labute approximate surface area is 154 Å². The van der Waals surface area contributed by atoms with Crippen LogP contribution in [-0.2, 0) is 13.1 Å². The fraction of sp³-hybridized carbons (Fsp3) is 0.105. The minimum Gasteiger partial charge on any atom is -0.312 e. The van der Waals surface area contributed by atoms with Gasteiger partial charge in [-0.25, -0.2) is 14.5 Å². The Morgan fingerprint density at radius 2 is 1.93 bits per heavy atom. The van der Waals surface area contributed by atoms with E-state index in [1.807, 2.05) is 24.5 Å². The highest BCUT2D eigenvalue weighted by Crippen LogP contribution is 2.19. The van der Waals surface area contributed by atoms with Crippen molar-refractivity contribution in [1.82, 2.24) is 34.3 Å². The molecule has 0 aliphatic rings. The average Bonchev–Trinajstić information content (AvgIpc) is 3.35. The first-order valence-corrected chi connectivity index (χ1v) is 8.56. The van der Waals surface area contributed by atoms with Gasteiger partial charge in [-0.3, -0.25) is 9.67 Å². The molecule has 5 rings (SSSR count). The van der Waals surface area contributed by atoms with E-state index in [0.717, 1.165) is 27.9 Å². The lowest BCUT2D eigenvalue weighted by molar-refractivity contribution is 0.638. The summed E-state index contributed by atoms with van der Waals surface area (Å²) < 4.78 is 3.43. The maximum atomic E-state index is 5.61. The van der Waals surface area contributed by atoms with Crippen molar-refractivity contribution < 1.29 is 0 Å². The molecular formula is C19H16N8. The van der Waals surface area contributed by atoms with Crippen molar-refractivity contribution in [2.45, 2.75) is 13.1 Å². The predicted molar refractivity (Wildman–Crippen MR) is 101 cm³/mol. The van der Waals surface area contributed by atoms with Gasteiger partial charge >= 0.3 is 0 Å². The second-order valence-corrected chi connectivity index (χ2v) is 6.26. The van der Waals surface area contributed by atoms with E-state index in [1.54, 1.807) is 27.8 Å². The van der Waals surface area contributed by atoms with Gasteiger partial charge in [0.2, 0.25) is 0 Å². The summed E-state index contributed by atoms with van der Waals surface area (Å²) in [4.78, 5) is 13.2. The van der Waals surface area contributed by atoms with Crippen LogP contribution >= 0.6 is 0 Å². The molecule has 0 amide bonds. The van der Waals surface area contributed by atoms with Crippen LogP contribution in [0.15, 0.2) is 61.3 Å². The molecule has 5 aromatic rings. The molecule has 0 radical (unpaired) electrons. The Hall–Kier alpha value is -3.65. The van der Waals surface area contributed by atoms with Gasteiger partial charge in [-0.2, -0.15) is 10.2 Å². The molecule has 0 saturated carbocycles. The largest absolute Gasteiger partial charge is 0.312 e. The standard InChI is InChI=1S/C19H16N8/c20-12-26-11-15(8-24-26)18-10-23-19-22-9-16(27(19)25-18)7-13-3-4-17-14(6-13)2-1-5-21-17/h1-6,8-11H,7,12,20H2. The van der Waals surface area contributed by atoms with Gasteiger partial charge < -0.3 is 5.73 Å². The summed E-state index contributed by atoms with van der Waals surface area (Å²) in [6.07, 6.45) is 9.60. The van der Waals surface area contributed by atoms with Crippen LogP contribution in [0, 0.1) is 0 Å². The number of hydrogen-bond donors (Lipinski definition) is 1. The fourth-order valence-electron chi connectivity index (χ4n) is 3.11. The summed E-state index contributed by atoms with van der Waals surface area (Å²) in [6, 6.07) is 10.3. The quantitative estimate of drug-likeness (QED) is 0.529. The zero-order valence-corrected chi connectivity index (χ0v) is 14.4. The molecule has 1 aromatic carbocycles. The van der Waals surface area contributed by atoms with Gasteiger partial charge in [-0.1, -0.05) is 12.1 Å². The number of nitrogens with two attached hydrogens (primary N) is 1. The van der Waals surface area contributed by atoms with Gasteiger partial charge in [-0.05, 0) is 23.8 Å². The highest BCUT2D eigenvalue weighted by Gasteiger charge is 2.10. The second kappa shape index (κ2) is 6.26. The first-order valence-electron chi connectivity index (χ1n) is 8.56. The van der Waals surface area contributed by atoms with Crippen LogP contribution in [0.25, 0.3) is 27.9 Å². The zero-order chi connectivity index (χ0) is 18.2. The van der Waals surface area contributed by atoms with Crippen molar-refractivity contribution >= 4 is 16.7 Å². The summed E-state index contributed by atoms with van der Waals surface area (Å²) in [5.74, 6) is 0.572. The van der Waals surface area contributed by atoms with Crippen molar-refractivity contribution in [1.29, 1.82) is 0 Å². The van der Waals surface area contributed by atoms with E-state index in [4.69, 9.17) is 10.8 Å². The Kier molecular flexibility index (Phi) is 3.61. The van der Waals surface area contributed by atoms with E-state index >= 15 is 0 Å². The summed E-state index contributed by atoms with van der Waals surface area (Å²) in [6.45, 7) is 0.322. The topological polar surface area (TPSA) is 99.8 Å². The maximum absolute atomic E-state index is 5.61. The molecule has 2 N–H and O–H groups in total. The molecule has 0 spiro atoms. The summed E-state index contributed by atoms with van der Waals surface area (Å²) in [5, 5.41) is 10.0. The Balaban J connectivity index is 1.53. The minimum atomic E-state index is 0.322. The van der Waals surface area contributed by atoms with E-state index in [2.05, 4.69) is 38.2 Å².